The van der Waals surface area contributed by atoms with E-state index >= 15 is 0 Å². The summed E-state index contributed by atoms with van der Waals surface area (Å²) in [6, 6.07) is 6.39. The van der Waals surface area contributed by atoms with Crippen LogP contribution in [0.4, 0.5) is 0 Å². The van der Waals surface area contributed by atoms with E-state index in [4.69, 9.17) is 8.83 Å². The second-order valence-corrected chi connectivity index (χ2v) is 4.28. The van der Waals surface area contributed by atoms with Gasteiger partial charge in [-0.25, -0.2) is 4.79 Å². The molecule has 3 aromatic rings. The van der Waals surface area contributed by atoms with E-state index in [1.165, 1.54) is 18.2 Å². The highest BCUT2D eigenvalue weighted by atomic mass is 16.5. The lowest BCUT2D eigenvalue weighted by Crippen LogP contribution is -2.10. The fraction of sp³-hybridized carbons (Fsp3) is 0.231. The molecular formula is C13H12N4O4. The van der Waals surface area contributed by atoms with Crippen molar-refractivity contribution in [2.45, 2.75) is 13.0 Å². The molecule has 0 aromatic carbocycles. The maximum atomic E-state index is 11.4. The third-order valence-corrected chi connectivity index (χ3v) is 2.94. The number of hydrogen-bond acceptors (Lipinski definition) is 7. The van der Waals surface area contributed by atoms with Crippen molar-refractivity contribution in [1.29, 1.82) is 0 Å². The fourth-order valence-electron chi connectivity index (χ4n) is 1.80. The Hall–Kier alpha value is -2.90. The molecule has 3 heterocycles. The van der Waals surface area contributed by atoms with Gasteiger partial charge in [-0.15, -0.1) is 10.2 Å². The molecule has 1 atom stereocenters. The first-order chi connectivity index (χ1) is 10.2. The van der Waals surface area contributed by atoms with Crippen molar-refractivity contribution in [3.63, 3.8) is 0 Å². The summed E-state index contributed by atoms with van der Waals surface area (Å²) in [4.78, 5) is 12.8. The molecule has 21 heavy (non-hydrogen) atoms. The molecule has 0 aliphatic heterocycles. The molecule has 108 valence electrons. The Morgan fingerprint density at radius 1 is 1.38 bits per heavy atom. The zero-order valence-electron chi connectivity index (χ0n) is 11.4. The number of tetrazole rings is 1. The van der Waals surface area contributed by atoms with Gasteiger partial charge in [-0.05, 0) is 36.4 Å². The highest BCUT2D eigenvalue weighted by Gasteiger charge is 2.19. The Bertz CT molecular complexity index is 744. The lowest BCUT2D eigenvalue weighted by atomic mass is 10.3. The topological polar surface area (TPSA) is 96.2 Å². The molecule has 0 bridgehead atoms. The lowest BCUT2D eigenvalue weighted by molar-refractivity contribution is 0.0562. The third kappa shape index (κ3) is 2.42. The fourth-order valence-corrected chi connectivity index (χ4v) is 1.80. The summed E-state index contributed by atoms with van der Waals surface area (Å²) in [6.07, 6.45) is 1.54. The maximum absolute atomic E-state index is 11.4. The molecule has 8 heteroatoms. The van der Waals surface area contributed by atoms with Crippen LogP contribution in [-0.2, 0) is 4.74 Å². The standard InChI is InChI=1S/C13H12N4O4/c1-8(9-5-6-11(21-9)13(18)19-2)17-15-12(14-16-17)10-4-3-7-20-10/h3-8H,1-2H3. The van der Waals surface area contributed by atoms with Gasteiger partial charge in [0.25, 0.3) is 0 Å². The lowest BCUT2D eigenvalue weighted by Gasteiger charge is -2.05. The highest BCUT2D eigenvalue weighted by molar-refractivity contribution is 5.86. The minimum Gasteiger partial charge on any atom is -0.463 e. The van der Waals surface area contributed by atoms with Crippen molar-refractivity contribution < 1.29 is 18.4 Å². The molecule has 0 saturated carbocycles. The number of esters is 1. The van der Waals surface area contributed by atoms with Crippen LogP contribution in [0.2, 0.25) is 0 Å². The smallest absolute Gasteiger partial charge is 0.373 e. The van der Waals surface area contributed by atoms with Crippen molar-refractivity contribution in [3.8, 4) is 11.6 Å². The quantitative estimate of drug-likeness (QED) is 0.676. The third-order valence-electron chi connectivity index (χ3n) is 2.94. The molecule has 0 saturated heterocycles. The van der Waals surface area contributed by atoms with E-state index in [2.05, 4.69) is 20.1 Å². The van der Waals surface area contributed by atoms with Crippen LogP contribution in [-0.4, -0.2) is 33.3 Å². The van der Waals surface area contributed by atoms with Crippen LogP contribution >= 0.6 is 0 Å². The van der Waals surface area contributed by atoms with E-state index in [0.29, 0.717) is 17.3 Å². The number of carbonyl (C=O) groups is 1. The minimum atomic E-state index is -0.531. The second kappa shape index (κ2) is 5.23. The second-order valence-electron chi connectivity index (χ2n) is 4.28. The van der Waals surface area contributed by atoms with Gasteiger partial charge in [-0.2, -0.15) is 4.80 Å². The molecule has 0 spiro atoms. The van der Waals surface area contributed by atoms with Gasteiger partial charge in [0.2, 0.25) is 11.6 Å². The molecule has 0 aliphatic carbocycles. The van der Waals surface area contributed by atoms with Crippen molar-refractivity contribution in [3.05, 3.63) is 42.0 Å². The molecule has 3 aromatic heterocycles. The first kappa shape index (κ1) is 13.1. The number of aromatic nitrogens is 4. The Kier molecular flexibility index (Phi) is 3.27. The van der Waals surface area contributed by atoms with Gasteiger partial charge in [-0.1, -0.05) is 0 Å². The van der Waals surface area contributed by atoms with Crippen LogP contribution in [0.5, 0.6) is 0 Å². The molecular weight excluding hydrogens is 276 g/mol. The molecule has 0 N–H and O–H groups in total. The number of carbonyl (C=O) groups excluding carboxylic acids is 1. The average Bonchev–Trinajstić information content (AvgIpc) is 3.25. The van der Waals surface area contributed by atoms with Crippen LogP contribution in [0.1, 0.15) is 29.3 Å². The molecule has 0 aliphatic rings. The van der Waals surface area contributed by atoms with Crippen LogP contribution in [0, 0.1) is 0 Å². The van der Waals surface area contributed by atoms with Gasteiger partial charge in [0.05, 0.1) is 13.4 Å². The van der Waals surface area contributed by atoms with Gasteiger partial charge >= 0.3 is 5.97 Å². The zero-order chi connectivity index (χ0) is 14.8. The van der Waals surface area contributed by atoms with Crippen molar-refractivity contribution in [2.24, 2.45) is 0 Å². The molecule has 3 rings (SSSR count). The Morgan fingerprint density at radius 2 is 2.24 bits per heavy atom. The van der Waals surface area contributed by atoms with Crippen LogP contribution in [0.15, 0.2) is 39.4 Å². The number of methoxy groups -OCH3 is 1. The largest absolute Gasteiger partial charge is 0.463 e. The van der Waals surface area contributed by atoms with Crippen LogP contribution in [0.25, 0.3) is 11.6 Å². The van der Waals surface area contributed by atoms with Crippen molar-refractivity contribution in [2.75, 3.05) is 7.11 Å². The van der Waals surface area contributed by atoms with E-state index in [0.717, 1.165) is 0 Å². The van der Waals surface area contributed by atoms with E-state index in [-0.39, 0.29) is 11.8 Å². The van der Waals surface area contributed by atoms with Crippen molar-refractivity contribution in [1.82, 2.24) is 20.2 Å². The summed E-state index contributed by atoms with van der Waals surface area (Å²) < 4.78 is 15.2. The van der Waals surface area contributed by atoms with Gasteiger partial charge in [0, 0.05) is 0 Å². The van der Waals surface area contributed by atoms with Gasteiger partial charge in [0.15, 0.2) is 5.76 Å². The number of hydrogen-bond donors (Lipinski definition) is 0. The van der Waals surface area contributed by atoms with Crippen molar-refractivity contribution >= 4 is 5.97 Å². The van der Waals surface area contributed by atoms with Gasteiger partial charge in [0.1, 0.15) is 11.8 Å². The molecule has 0 fully saturated rings. The Labute approximate surface area is 119 Å². The Morgan fingerprint density at radius 3 is 2.95 bits per heavy atom. The first-order valence-corrected chi connectivity index (χ1v) is 6.20. The SMILES string of the molecule is COC(=O)c1ccc(C(C)n2nnc(-c3ccco3)n2)o1. The first-order valence-electron chi connectivity index (χ1n) is 6.20. The zero-order valence-corrected chi connectivity index (χ0v) is 11.4. The minimum absolute atomic E-state index is 0.130. The Balaban J connectivity index is 1.83. The van der Waals surface area contributed by atoms with Gasteiger partial charge in [-0.3, -0.25) is 0 Å². The number of nitrogens with zero attached hydrogens (tertiary/aromatic N) is 4. The van der Waals surface area contributed by atoms with E-state index in [1.54, 1.807) is 24.3 Å². The summed E-state index contributed by atoms with van der Waals surface area (Å²) >= 11 is 0. The summed E-state index contributed by atoms with van der Waals surface area (Å²) in [5.41, 5.74) is 0. The van der Waals surface area contributed by atoms with Crippen LogP contribution in [0.3, 0.4) is 0 Å². The number of furan rings is 2. The number of ether oxygens (including phenoxy) is 1. The predicted octanol–water partition coefficient (Wildman–Crippen LogP) is 1.92. The van der Waals surface area contributed by atoms with Crippen LogP contribution < -0.4 is 0 Å². The average molecular weight is 288 g/mol. The molecule has 0 radical (unpaired) electrons. The summed E-state index contributed by atoms with van der Waals surface area (Å²) in [5.74, 6) is 1.04. The monoisotopic (exact) mass is 288 g/mol. The van der Waals surface area contributed by atoms with E-state index < -0.39 is 5.97 Å². The molecule has 1 unspecified atom stereocenters. The van der Waals surface area contributed by atoms with E-state index in [9.17, 15) is 4.79 Å². The molecule has 0 amide bonds. The normalized spacial score (nSPS) is 12.3. The highest BCUT2D eigenvalue weighted by Crippen LogP contribution is 2.21. The number of rotatable bonds is 4. The predicted molar refractivity (Wildman–Crippen MR) is 69.4 cm³/mol. The maximum Gasteiger partial charge on any atom is 0.373 e. The molecule has 8 nitrogen and oxygen atoms in total. The van der Waals surface area contributed by atoms with Gasteiger partial charge < -0.3 is 13.6 Å². The van der Waals surface area contributed by atoms with E-state index in [1.807, 2.05) is 6.92 Å². The summed E-state index contributed by atoms with van der Waals surface area (Å²) in [5, 5.41) is 12.1. The summed E-state index contributed by atoms with van der Waals surface area (Å²) in [7, 11) is 1.29. The summed E-state index contributed by atoms with van der Waals surface area (Å²) in [6.45, 7) is 1.83.